The summed E-state index contributed by atoms with van der Waals surface area (Å²) in [6.45, 7) is 1.06. The minimum atomic E-state index is -0.104. The summed E-state index contributed by atoms with van der Waals surface area (Å²) in [4.78, 5) is 23.0. The fraction of sp³-hybridized carbons (Fsp3) is 0.467. The van der Waals surface area contributed by atoms with Crippen molar-refractivity contribution in [2.45, 2.75) is 25.7 Å². The molecule has 0 spiro atoms. The summed E-state index contributed by atoms with van der Waals surface area (Å²) in [5.74, 6) is -0.0597. The third kappa shape index (κ3) is 4.90. The fourth-order valence-electron chi connectivity index (χ4n) is 2.30. The van der Waals surface area contributed by atoms with Gasteiger partial charge >= 0.3 is 0 Å². The van der Waals surface area contributed by atoms with Gasteiger partial charge < -0.3 is 10.6 Å². The minimum Gasteiger partial charge on any atom is -0.356 e. The molecule has 0 radical (unpaired) electrons. The Kier molecular flexibility index (Phi) is 5.88. The summed E-state index contributed by atoms with van der Waals surface area (Å²) in [5.41, 5.74) is 1.10. The number of hydrogen-bond donors (Lipinski definition) is 2. The average molecular weight is 329 g/mol. The molecular formula is C15H18Cl2N2O2. The summed E-state index contributed by atoms with van der Waals surface area (Å²) >= 11 is 11.8. The number of carbonyl (C=O) groups is 2. The monoisotopic (exact) mass is 328 g/mol. The SMILES string of the molecule is O=C1CC[C@H](C(=O)NCCCc2ccc(Cl)c(Cl)c2)CN1. The molecule has 0 unspecified atom stereocenters. The van der Waals surface area contributed by atoms with E-state index >= 15 is 0 Å². The van der Waals surface area contributed by atoms with Crippen molar-refractivity contribution in [3.05, 3.63) is 33.8 Å². The summed E-state index contributed by atoms with van der Waals surface area (Å²) in [6.07, 6.45) is 2.73. The smallest absolute Gasteiger partial charge is 0.224 e. The van der Waals surface area contributed by atoms with Crippen molar-refractivity contribution in [3.63, 3.8) is 0 Å². The molecule has 0 bridgehead atoms. The van der Waals surface area contributed by atoms with Crippen molar-refractivity contribution in [1.29, 1.82) is 0 Å². The minimum absolute atomic E-state index is 0.0177. The molecule has 1 fully saturated rings. The molecule has 1 saturated heterocycles. The van der Waals surface area contributed by atoms with Gasteiger partial charge in [0.25, 0.3) is 0 Å². The molecule has 6 heteroatoms. The number of rotatable bonds is 5. The summed E-state index contributed by atoms with van der Waals surface area (Å²) in [7, 11) is 0. The molecule has 1 aromatic carbocycles. The zero-order chi connectivity index (χ0) is 15.2. The lowest BCUT2D eigenvalue weighted by atomic mass is 9.98. The van der Waals surface area contributed by atoms with E-state index in [2.05, 4.69) is 10.6 Å². The maximum absolute atomic E-state index is 11.9. The number of nitrogens with one attached hydrogen (secondary N) is 2. The molecule has 0 saturated carbocycles. The van der Waals surface area contributed by atoms with Gasteiger partial charge in [-0.05, 0) is 37.0 Å². The standard InChI is InChI=1S/C15H18Cl2N2O2/c16-12-5-3-10(8-13(12)17)2-1-7-18-15(21)11-4-6-14(20)19-9-11/h3,5,8,11H,1-2,4,6-7,9H2,(H,18,21)(H,19,20)/t11-/m0/s1. The van der Waals surface area contributed by atoms with Crippen LogP contribution in [0.2, 0.25) is 10.0 Å². The van der Waals surface area contributed by atoms with Gasteiger partial charge in [-0.3, -0.25) is 9.59 Å². The second kappa shape index (κ2) is 7.66. The zero-order valence-electron chi connectivity index (χ0n) is 11.6. The lowest BCUT2D eigenvalue weighted by Gasteiger charge is -2.21. The number of carbonyl (C=O) groups excluding carboxylic acids is 2. The Bertz CT molecular complexity index is 524. The Morgan fingerprint density at radius 2 is 2.14 bits per heavy atom. The molecule has 2 rings (SSSR count). The number of amides is 2. The second-order valence-corrected chi connectivity index (χ2v) is 6.00. The van der Waals surface area contributed by atoms with Crippen molar-refractivity contribution in [3.8, 4) is 0 Å². The van der Waals surface area contributed by atoms with Crippen LogP contribution in [0, 0.1) is 5.92 Å². The third-order valence-electron chi connectivity index (χ3n) is 3.56. The highest BCUT2D eigenvalue weighted by Crippen LogP contribution is 2.23. The van der Waals surface area contributed by atoms with Crippen LogP contribution in [0.15, 0.2) is 18.2 Å². The van der Waals surface area contributed by atoms with E-state index in [0.717, 1.165) is 18.4 Å². The van der Waals surface area contributed by atoms with E-state index in [1.165, 1.54) is 0 Å². The van der Waals surface area contributed by atoms with E-state index in [9.17, 15) is 9.59 Å². The van der Waals surface area contributed by atoms with Crippen LogP contribution in [0.3, 0.4) is 0 Å². The summed E-state index contributed by atoms with van der Waals surface area (Å²) in [6, 6.07) is 5.57. The summed E-state index contributed by atoms with van der Waals surface area (Å²) in [5, 5.41) is 6.73. The maximum atomic E-state index is 11.9. The second-order valence-electron chi connectivity index (χ2n) is 5.18. The first-order chi connectivity index (χ1) is 10.1. The molecule has 0 aromatic heterocycles. The first-order valence-electron chi connectivity index (χ1n) is 7.04. The van der Waals surface area contributed by atoms with Gasteiger partial charge in [-0.15, -0.1) is 0 Å². The van der Waals surface area contributed by atoms with E-state index in [-0.39, 0.29) is 17.7 Å². The summed E-state index contributed by atoms with van der Waals surface area (Å²) < 4.78 is 0. The van der Waals surface area contributed by atoms with Gasteiger partial charge in [0, 0.05) is 19.5 Å². The Morgan fingerprint density at radius 1 is 1.33 bits per heavy atom. The van der Waals surface area contributed by atoms with Crippen LogP contribution in [0.25, 0.3) is 0 Å². The molecule has 2 N–H and O–H groups in total. The highest BCUT2D eigenvalue weighted by atomic mass is 35.5. The molecule has 2 amide bonds. The Labute approximate surface area is 134 Å². The largest absolute Gasteiger partial charge is 0.356 e. The average Bonchev–Trinajstić information content (AvgIpc) is 2.47. The van der Waals surface area contributed by atoms with Crippen LogP contribution in [0.1, 0.15) is 24.8 Å². The van der Waals surface area contributed by atoms with Crippen molar-refractivity contribution >= 4 is 35.0 Å². The van der Waals surface area contributed by atoms with Gasteiger partial charge in [0.05, 0.1) is 16.0 Å². The van der Waals surface area contributed by atoms with E-state index in [1.807, 2.05) is 12.1 Å². The highest BCUT2D eigenvalue weighted by molar-refractivity contribution is 6.42. The molecule has 1 atom stereocenters. The number of aryl methyl sites for hydroxylation is 1. The normalized spacial score (nSPS) is 18.2. The van der Waals surface area contributed by atoms with Crippen molar-refractivity contribution in [2.24, 2.45) is 5.92 Å². The van der Waals surface area contributed by atoms with Crippen molar-refractivity contribution in [1.82, 2.24) is 10.6 Å². The molecule has 114 valence electrons. The van der Waals surface area contributed by atoms with E-state index in [4.69, 9.17) is 23.2 Å². The molecule has 4 nitrogen and oxygen atoms in total. The van der Waals surface area contributed by atoms with E-state index in [0.29, 0.717) is 36.0 Å². The molecule has 0 aliphatic carbocycles. The molecular weight excluding hydrogens is 311 g/mol. The van der Waals surface area contributed by atoms with Crippen molar-refractivity contribution in [2.75, 3.05) is 13.1 Å². The van der Waals surface area contributed by atoms with Crippen LogP contribution in [0.5, 0.6) is 0 Å². The van der Waals surface area contributed by atoms with E-state index < -0.39 is 0 Å². The molecule has 1 heterocycles. The Hall–Kier alpha value is -1.26. The van der Waals surface area contributed by atoms with Gasteiger partial charge in [0.1, 0.15) is 0 Å². The predicted molar refractivity (Wildman–Crippen MR) is 83.5 cm³/mol. The quantitative estimate of drug-likeness (QED) is 0.816. The van der Waals surface area contributed by atoms with Crippen LogP contribution in [-0.4, -0.2) is 24.9 Å². The number of halogens is 2. The van der Waals surface area contributed by atoms with Crippen LogP contribution in [-0.2, 0) is 16.0 Å². The van der Waals surface area contributed by atoms with Gasteiger partial charge in [-0.25, -0.2) is 0 Å². The van der Waals surface area contributed by atoms with Gasteiger partial charge in [-0.1, -0.05) is 29.3 Å². The van der Waals surface area contributed by atoms with E-state index in [1.54, 1.807) is 6.07 Å². The van der Waals surface area contributed by atoms with Gasteiger partial charge in [0.15, 0.2) is 0 Å². The maximum Gasteiger partial charge on any atom is 0.224 e. The lowest BCUT2D eigenvalue weighted by Crippen LogP contribution is -2.43. The highest BCUT2D eigenvalue weighted by Gasteiger charge is 2.23. The number of piperidine rings is 1. The van der Waals surface area contributed by atoms with Crippen LogP contribution < -0.4 is 10.6 Å². The van der Waals surface area contributed by atoms with Gasteiger partial charge in [0.2, 0.25) is 11.8 Å². The van der Waals surface area contributed by atoms with Crippen molar-refractivity contribution < 1.29 is 9.59 Å². The molecule has 1 aliphatic heterocycles. The fourth-order valence-corrected chi connectivity index (χ4v) is 2.62. The van der Waals surface area contributed by atoms with Crippen LogP contribution in [0.4, 0.5) is 0 Å². The number of benzene rings is 1. The first kappa shape index (κ1) is 16.1. The predicted octanol–water partition coefficient (Wildman–Crippen LogP) is 2.57. The Morgan fingerprint density at radius 3 is 2.81 bits per heavy atom. The molecule has 1 aliphatic rings. The zero-order valence-corrected chi connectivity index (χ0v) is 13.1. The van der Waals surface area contributed by atoms with Crippen LogP contribution >= 0.6 is 23.2 Å². The molecule has 21 heavy (non-hydrogen) atoms. The molecule has 1 aromatic rings. The lowest BCUT2D eigenvalue weighted by molar-refractivity contribution is -0.128. The number of hydrogen-bond acceptors (Lipinski definition) is 2. The van der Waals surface area contributed by atoms with Gasteiger partial charge in [-0.2, -0.15) is 0 Å². The third-order valence-corrected chi connectivity index (χ3v) is 4.30. The topological polar surface area (TPSA) is 58.2 Å². The first-order valence-corrected chi connectivity index (χ1v) is 7.80. The Balaban J connectivity index is 1.68.